The molecule has 1 saturated carbocycles. The average Bonchev–Trinajstić information content (AvgIpc) is 3.21. The molecule has 5 heterocycles. The summed E-state index contributed by atoms with van der Waals surface area (Å²) in [5, 5.41) is 11.3. The van der Waals surface area contributed by atoms with Crippen molar-refractivity contribution in [3.63, 3.8) is 0 Å². The van der Waals surface area contributed by atoms with Crippen molar-refractivity contribution >= 4 is 23.0 Å². The minimum atomic E-state index is -0.219. The van der Waals surface area contributed by atoms with Gasteiger partial charge in [0.2, 0.25) is 0 Å². The van der Waals surface area contributed by atoms with Crippen molar-refractivity contribution in [1.29, 1.82) is 0 Å². The van der Waals surface area contributed by atoms with Crippen LogP contribution in [0.2, 0.25) is 5.02 Å². The number of carbonyl (C=O) groups is 1. The van der Waals surface area contributed by atoms with Crippen LogP contribution in [0.1, 0.15) is 28.9 Å². The zero-order valence-corrected chi connectivity index (χ0v) is 18.5. The van der Waals surface area contributed by atoms with Crippen LogP contribution in [-0.2, 0) is 13.1 Å². The van der Waals surface area contributed by atoms with Gasteiger partial charge in [-0.2, -0.15) is 5.10 Å². The number of fused-ring (bicyclic) bond motifs is 2. The zero-order valence-electron chi connectivity index (χ0n) is 17.8. The van der Waals surface area contributed by atoms with E-state index >= 15 is 0 Å². The van der Waals surface area contributed by atoms with Gasteiger partial charge in [0.1, 0.15) is 12.0 Å². The largest absolute Gasteiger partial charge is 0.357 e. The fourth-order valence-electron chi connectivity index (χ4n) is 4.54. The second kappa shape index (κ2) is 8.00. The maximum Gasteiger partial charge on any atom is 0.254 e. The van der Waals surface area contributed by atoms with E-state index in [2.05, 4.69) is 25.6 Å². The van der Waals surface area contributed by atoms with E-state index in [1.165, 1.54) is 0 Å². The highest BCUT2D eigenvalue weighted by Gasteiger charge is 2.37. The lowest BCUT2D eigenvalue weighted by molar-refractivity contribution is 0.0950. The monoisotopic (exact) mass is 467 g/mol. The van der Waals surface area contributed by atoms with Crippen molar-refractivity contribution in [3.8, 4) is 0 Å². The van der Waals surface area contributed by atoms with Crippen LogP contribution in [0, 0.1) is 5.92 Å². The molecule has 0 radical (unpaired) electrons. The minimum Gasteiger partial charge on any atom is -0.357 e. The van der Waals surface area contributed by atoms with Crippen LogP contribution >= 0.6 is 11.6 Å². The van der Waals surface area contributed by atoms with Crippen molar-refractivity contribution in [1.82, 2.24) is 34.7 Å². The molecule has 1 amide bonds. The first-order chi connectivity index (χ1) is 16.0. The molecule has 170 valence electrons. The summed E-state index contributed by atoms with van der Waals surface area (Å²) in [4.78, 5) is 19.1. The first kappa shape index (κ1) is 20.4. The van der Waals surface area contributed by atoms with Crippen LogP contribution in [0.25, 0.3) is 5.52 Å². The Labute approximate surface area is 194 Å². The average molecular weight is 468 g/mol. The smallest absolute Gasteiger partial charge is 0.254 e. The zero-order chi connectivity index (χ0) is 22.5. The van der Waals surface area contributed by atoms with E-state index in [1.54, 1.807) is 35.5 Å². The van der Waals surface area contributed by atoms with E-state index in [0.717, 1.165) is 36.2 Å². The number of halogens is 2. The number of allylic oxidation sites excluding steroid dienone is 2. The van der Waals surface area contributed by atoms with Gasteiger partial charge in [-0.3, -0.25) is 14.8 Å². The number of hydrogen-bond donors (Lipinski definition) is 2. The molecule has 10 heteroatoms. The van der Waals surface area contributed by atoms with Gasteiger partial charge >= 0.3 is 0 Å². The number of amides is 1. The molecule has 2 aliphatic heterocycles. The van der Waals surface area contributed by atoms with Gasteiger partial charge in [-0.25, -0.2) is 9.37 Å². The molecular formula is C23H23ClFN7O. The Kier molecular flexibility index (Phi) is 4.95. The normalized spacial score (nSPS) is 22.3. The Morgan fingerprint density at radius 3 is 3.09 bits per heavy atom. The van der Waals surface area contributed by atoms with Gasteiger partial charge in [-0.15, -0.1) is 0 Å². The topological polar surface area (TPSA) is 79.5 Å². The third-order valence-corrected chi connectivity index (χ3v) is 6.63. The number of nitrogens with zero attached hydrogens (tertiary/aromatic N) is 5. The SMILES string of the molecule is O=C(NCc1ncn2ccc(Cl)cc12)c1cnn(CC2CN3C=C(C4CC4)C(F)=CC3N2)c1. The van der Waals surface area contributed by atoms with E-state index in [4.69, 9.17) is 11.6 Å². The molecule has 0 bridgehead atoms. The maximum absolute atomic E-state index is 14.4. The van der Waals surface area contributed by atoms with Gasteiger partial charge < -0.3 is 14.6 Å². The quantitative estimate of drug-likeness (QED) is 0.582. The van der Waals surface area contributed by atoms with Crippen LogP contribution in [-0.4, -0.2) is 48.7 Å². The summed E-state index contributed by atoms with van der Waals surface area (Å²) in [5.74, 6) is 0.0616. The van der Waals surface area contributed by atoms with Gasteiger partial charge in [0.25, 0.3) is 5.91 Å². The Hall–Kier alpha value is -3.17. The van der Waals surface area contributed by atoms with E-state index < -0.39 is 0 Å². The number of rotatable bonds is 6. The summed E-state index contributed by atoms with van der Waals surface area (Å²) in [5.41, 5.74) is 2.91. The van der Waals surface area contributed by atoms with Gasteiger partial charge in [0, 0.05) is 41.8 Å². The predicted octanol–water partition coefficient (Wildman–Crippen LogP) is 2.88. The highest BCUT2D eigenvalue weighted by Crippen LogP contribution is 2.42. The lowest BCUT2D eigenvalue weighted by atomic mass is 10.1. The van der Waals surface area contributed by atoms with E-state index in [-0.39, 0.29) is 30.5 Å². The molecule has 8 nitrogen and oxygen atoms in total. The first-order valence-electron chi connectivity index (χ1n) is 11.1. The molecule has 1 saturated heterocycles. The molecule has 6 rings (SSSR count). The summed E-state index contributed by atoms with van der Waals surface area (Å²) in [6.45, 7) is 1.64. The van der Waals surface area contributed by atoms with Crippen molar-refractivity contribution in [2.75, 3.05) is 6.54 Å². The van der Waals surface area contributed by atoms with Crippen molar-refractivity contribution in [2.24, 2.45) is 5.92 Å². The summed E-state index contributed by atoms with van der Waals surface area (Å²) in [7, 11) is 0. The van der Waals surface area contributed by atoms with Gasteiger partial charge in [0.05, 0.1) is 42.4 Å². The van der Waals surface area contributed by atoms with Crippen LogP contribution < -0.4 is 10.6 Å². The van der Waals surface area contributed by atoms with Gasteiger partial charge in [0.15, 0.2) is 0 Å². The highest BCUT2D eigenvalue weighted by atomic mass is 35.5. The fraction of sp³-hybridized carbons (Fsp3) is 0.348. The second-order valence-corrected chi connectivity index (χ2v) is 9.28. The molecule has 3 aromatic rings. The van der Waals surface area contributed by atoms with Gasteiger partial charge in [-0.05, 0) is 37.0 Å². The van der Waals surface area contributed by atoms with Crippen molar-refractivity contribution in [2.45, 2.75) is 38.1 Å². The van der Waals surface area contributed by atoms with Gasteiger partial charge in [-0.1, -0.05) is 11.6 Å². The molecule has 0 spiro atoms. The van der Waals surface area contributed by atoms with Crippen LogP contribution in [0.5, 0.6) is 0 Å². The molecule has 2 fully saturated rings. The molecule has 3 aromatic heterocycles. The first-order valence-corrected chi connectivity index (χ1v) is 11.4. The Morgan fingerprint density at radius 2 is 2.24 bits per heavy atom. The Balaban J connectivity index is 1.07. The van der Waals surface area contributed by atoms with Crippen LogP contribution in [0.4, 0.5) is 4.39 Å². The lowest BCUT2D eigenvalue weighted by Gasteiger charge is -2.25. The molecule has 2 atom stereocenters. The number of pyridine rings is 1. The van der Waals surface area contributed by atoms with E-state index in [9.17, 15) is 9.18 Å². The number of hydrogen-bond acceptors (Lipinski definition) is 5. The number of aromatic nitrogens is 4. The van der Waals surface area contributed by atoms with E-state index in [1.807, 2.05) is 22.9 Å². The Morgan fingerprint density at radius 1 is 1.36 bits per heavy atom. The third-order valence-electron chi connectivity index (χ3n) is 6.40. The number of nitrogens with one attached hydrogen (secondary N) is 2. The fourth-order valence-corrected chi connectivity index (χ4v) is 4.70. The molecule has 2 unspecified atom stereocenters. The van der Waals surface area contributed by atoms with Crippen molar-refractivity contribution in [3.05, 3.63) is 77.0 Å². The summed E-state index contributed by atoms with van der Waals surface area (Å²) in [6, 6.07) is 3.71. The Bertz CT molecular complexity index is 1290. The summed E-state index contributed by atoms with van der Waals surface area (Å²) in [6.07, 6.45) is 12.5. The predicted molar refractivity (Wildman–Crippen MR) is 121 cm³/mol. The second-order valence-electron chi connectivity index (χ2n) is 8.84. The maximum atomic E-state index is 14.4. The molecule has 2 N–H and O–H groups in total. The standard InChI is InChI=1S/C23H23ClFN7O/c24-16-3-4-30-13-27-20(21(30)5-16)8-26-23(33)15-7-28-32(9-15)11-17-10-31-12-18(14-1-2-14)19(25)6-22(31)29-17/h3-7,9,12-14,17,22,29H,1-2,8,10-11H2,(H,26,33). The molecule has 1 aliphatic carbocycles. The number of carbonyl (C=O) groups excluding carboxylic acids is 1. The highest BCUT2D eigenvalue weighted by molar-refractivity contribution is 6.30. The summed E-state index contributed by atoms with van der Waals surface area (Å²) < 4.78 is 18.0. The lowest BCUT2D eigenvalue weighted by Crippen LogP contribution is -2.35. The third kappa shape index (κ3) is 4.02. The van der Waals surface area contributed by atoms with Crippen molar-refractivity contribution < 1.29 is 9.18 Å². The molecule has 3 aliphatic rings. The molecule has 0 aromatic carbocycles. The summed E-state index contributed by atoms with van der Waals surface area (Å²) >= 11 is 6.08. The van der Waals surface area contributed by atoms with E-state index in [0.29, 0.717) is 23.0 Å². The molecular weight excluding hydrogens is 445 g/mol. The minimum absolute atomic E-state index is 0.0993. The molecule has 33 heavy (non-hydrogen) atoms. The van der Waals surface area contributed by atoms with Crippen LogP contribution in [0.3, 0.4) is 0 Å². The van der Waals surface area contributed by atoms with Crippen LogP contribution in [0.15, 0.2) is 60.7 Å². The number of imidazole rings is 1.